The molecule has 28 heavy (non-hydrogen) atoms. The molecule has 2 heterocycles. The Morgan fingerprint density at radius 3 is 2.39 bits per heavy atom. The average molecular weight is 380 g/mol. The Labute approximate surface area is 166 Å². The average Bonchev–Trinajstić information content (AvgIpc) is 2.75. The van der Waals surface area contributed by atoms with Gasteiger partial charge in [-0.3, -0.25) is 4.79 Å². The lowest BCUT2D eigenvalue weighted by Crippen LogP contribution is -2.49. The first kappa shape index (κ1) is 18.7. The van der Waals surface area contributed by atoms with Gasteiger partial charge in [0.05, 0.1) is 0 Å². The minimum atomic E-state index is 0.111. The van der Waals surface area contributed by atoms with Crippen LogP contribution in [0.1, 0.15) is 48.0 Å². The number of benzene rings is 1. The van der Waals surface area contributed by atoms with Crippen molar-refractivity contribution >= 4 is 11.7 Å². The molecule has 0 bridgehead atoms. The van der Waals surface area contributed by atoms with Gasteiger partial charge in [0.1, 0.15) is 6.10 Å². The zero-order valence-corrected chi connectivity index (χ0v) is 16.5. The summed E-state index contributed by atoms with van der Waals surface area (Å²) in [4.78, 5) is 16.9. The third-order valence-corrected chi connectivity index (χ3v) is 5.73. The molecule has 1 aromatic heterocycles. The number of ether oxygens (including phenoxy) is 1. The number of anilines is 1. The lowest BCUT2D eigenvalue weighted by Gasteiger charge is -2.35. The molecule has 0 spiro atoms. The van der Waals surface area contributed by atoms with E-state index in [0.717, 1.165) is 42.9 Å². The van der Waals surface area contributed by atoms with E-state index in [1.807, 2.05) is 48.2 Å². The third kappa shape index (κ3) is 4.26. The fourth-order valence-corrected chi connectivity index (χ4v) is 4.02. The minimum Gasteiger partial charge on any atom is -0.473 e. The molecule has 2 aliphatic rings. The van der Waals surface area contributed by atoms with Gasteiger partial charge >= 0.3 is 0 Å². The number of aromatic nitrogens is 2. The van der Waals surface area contributed by atoms with E-state index in [9.17, 15) is 4.79 Å². The van der Waals surface area contributed by atoms with Crippen molar-refractivity contribution in [1.29, 1.82) is 0 Å². The summed E-state index contributed by atoms with van der Waals surface area (Å²) in [6.07, 6.45) is 6.29. The van der Waals surface area contributed by atoms with Crippen molar-refractivity contribution in [3.05, 3.63) is 47.5 Å². The van der Waals surface area contributed by atoms with Crippen LogP contribution in [0.4, 0.5) is 5.82 Å². The SMILES string of the molecule is Cc1ccccc1C(=O)N1CCN(c2ccc(OC3CCCCC3)nn2)CC1. The fraction of sp³-hybridized carbons (Fsp3) is 0.500. The highest BCUT2D eigenvalue weighted by molar-refractivity contribution is 5.95. The van der Waals surface area contributed by atoms with Gasteiger partial charge in [0.2, 0.25) is 5.88 Å². The zero-order chi connectivity index (χ0) is 19.3. The van der Waals surface area contributed by atoms with Crippen LogP contribution in [-0.4, -0.2) is 53.3 Å². The number of carbonyl (C=O) groups is 1. The minimum absolute atomic E-state index is 0.111. The molecule has 1 saturated carbocycles. The van der Waals surface area contributed by atoms with E-state index in [4.69, 9.17) is 4.74 Å². The Morgan fingerprint density at radius 1 is 0.964 bits per heavy atom. The number of rotatable bonds is 4. The van der Waals surface area contributed by atoms with Gasteiger partial charge in [0.15, 0.2) is 5.82 Å². The van der Waals surface area contributed by atoms with Crippen LogP contribution >= 0.6 is 0 Å². The van der Waals surface area contributed by atoms with E-state index in [1.54, 1.807) is 0 Å². The maximum atomic E-state index is 12.8. The van der Waals surface area contributed by atoms with Crippen molar-refractivity contribution in [1.82, 2.24) is 15.1 Å². The number of aryl methyl sites for hydroxylation is 1. The molecule has 0 N–H and O–H groups in total. The predicted molar refractivity (Wildman–Crippen MR) is 109 cm³/mol. The lowest BCUT2D eigenvalue weighted by molar-refractivity contribution is 0.0745. The molecule has 148 valence electrons. The van der Waals surface area contributed by atoms with Crippen molar-refractivity contribution in [3.63, 3.8) is 0 Å². The summed E-state index contributed by atoms with van der Waals surface area (Å²) in [5.74, 6) is 1.57. The quantitative estimate of drug-likeness (QED) is 0.813. The molecule has 1 aliphatic carbocycles. The Bertz CT molecular complexity index is 794. The van der Waals surface area contributed by atoms with E-state index < -0.39 is 0 Å². The Morgan fingerprint density at radius 2 is 1.71 bits per heavy atom. The molecular formula is C22H28N4O2. The number of hydrogen-bond acceptors (Lipinski definition) is 5. The molecule has 1 amide bonds. The van der Waals surface area contributed by atoms with Crippen LogP contribution in [0, 0.1) is 6.92 Å². The highest BCUT2D eigenvalue weighted by Crippen LogP contribution is 2.23. The molecule has 6 nitrogen and oxygen atoms in total. The van der Waals surface area contributed by atoms with Gasteiger partial charge in [-0.05, 0) is 50.3 Å². The molecule has 2 fully saturated rings. The summed E-state index contributed by atoms with van der Waals surface area (Å²) in [6, 6.07) is 11.7. The molecule has 0 unspecified atom stereocenters. The van der Waals surface area contributed by atoms with E-state index in [2.05, 4.69) is 15.1 Å². The maximum Gasteiger partial charge on any atom is 0.254 e. The van der Waals surface area contributed by atoms with Gasteiger partial charge in [-0.15, -0.1) is 10.2 Å². The van der Waals surface area contributed by atoms with Crippen LogP contribution in [0.25, 0.3) is 0 Å². The van der Waals surface area contributed by atoms with Crippen LogP contribution in [0.5, 0.6) is 5.88 Å². The highest BCUT2D eigenvalue weighted by Gasteiger charge is 2.24. The van der Waals surface area contributed by atoms with Crippen LogP contribution in [0.3, 0.4) is 0 Å². The largest absolute Gasteiger partial charge is 0.473 e. The molecule has 0 atom stereocenters. The van der Waals surface area contributed by atoms with Crippen LogP contribution < -0.4 is 9.64 Å². The molecule has 4 rings (SSSR count). The van der Waals surface area contributed by atoms with Gasteiger partial charge in [0, 0.05) is 37.8 Å². The zero-order valence-electron chi connectivity index (χ0n) is 16.5. The van der Waals surface area contributed by atoms with E-state index in [-0.39, 0.29) is 12.0 Å². The number of hydrogen-bond donors (Lipinski definition) is 0. The molecule has 1 aromatic carbocycles. The van der Waals surface area contributed by atoms with Crippen molar-refractivity contribution in [2.24, 2.45) is 0 Å². The van der Waals surface area contributed by atoms with Gasteiger partial charge in [-0.2, -0.15) is 0 Å². The Balaban J connectivity index is 1.32. The van der Waals surface area contributed by atoms with E-state index in [0.29, 0.717) is 19.0 Å². The summed E-state index contributed by atoms with van der Waals surface area (Å²) in [6.45, 7) is 4.88. The van der Waals surface area contributed by atoms with Gasteiger partial charge < -0.3 is 14.5 Å². The van der Waals surface area contributed by atoms with Crippen molar-refractivity contribution in [3.8, 4) is 5.88 Å². The van der Waals surface area contributed by atoms with Crippen LogP contribution in [-0.2, 0) is 0 Å². The summed E-state index contributed by atoms with van der Waals surface area (Å²) in [5, 5.41) is 8.62. The van der Waals surface area contributed by atoms with Crippen molar-refractivity contribution in [2.45, 2.75) is 45.1 Å². The second-order valence-electron chi connectivity index (χ2n) is 7.70. The molecule has 0 radical (unpaired) electrons. The second-order valence-corrected chi connectivity index (χ2v) is 7.70. The van der Waals surface area contributed by atoms with Gasteiger partial charge in [-0.25, -0.2) is 0 Å². The fourth-order valence-electron chi connectivity index (χ4n) is 4.02. The summed E-state index contributed by atoms with van der Waals surface area (Å²) in [7, 11) is 0. The van der Waals surface area contributed by atoms with Crippen molar-refractivity contribution in [2.75, 3.05) is 31.1 Å². The Hall–Kier alpha value is -2.63. The molecule has 1 aliphatic heterocycles. The smallest absolute Gasteiger partial charge is 0.254 e. The lowest BCUT2D eigenvalue weighted by atomic mass is 9.98. The number of nitrogens with zero attached hydrogens (tertiary/aromatic N) is 4. The van der Waals surface area contributed by atoms with Crippen LogP contribution in [0.2, 0.25) is 0 Å². The number of carbonyl (C=O) groups excluding carboxylic acids is 1. The number of piperazine rings is 1. The predicted octanol–water partition coefficient (Wildman–Crippen LogP) is 3.46. The third-order valence-electron chi connectivity index (χ3n) is 5.73. The molecule has 1 saturated heterocycles. The van der Waals surface area contributed by atoms with E-state index >= 15 is 0 Å². The highest BCUT2D eigenvalue weighted by atomic mass is 16.5. The number of amides is 1. The standard InChI is InChI=1S/C22H28N4O2/c1-17-7-5-6-10-19(17)22(27)26-15-13-25(14-16-26)20-11-12-21(24-23-20)28-18-8-3-2-4-9-18/h5-7,10-12,18H,2-4,8-9,13-16H2,1H3. The summed E-state index contributed by atoms with van der Waals surface area (Å²) < 4.78 is 5.96. The van der Waals surface area contributed by atoms with Gasteiger partial charge in [0.25, 0.3) is 5.91 Å². The topological polar surface area (TPSA) is 58.6 Å². The Kier molecular flexibility index (Phi) is 5.74. The van der Waals surface area contributed by atoms with Crippen molar-refractivity contribution < 1.29 is 9.53 Å². The van der Waals surface area contributed by atoms with E-state index in [1.165, 1.54) is 19.3 Å². The van der Waals surface area contributed by atoms with Crippen LogP contribution in [0.15, 0.2) is 36.4 Å². The summed E-state index contributed by atoms with van der Waals surface area (Å²) >= 11 is 0. The molecule has 6 heteroatoms. The van der Waals surface area contributed by atoms with Gasteiger partial charge in [-0.1, -0.05) is 24.6 Å². The first-order valence-corrected chi connectivity index (χ1v) is 10.3. The molecule has 2 aromatic rings. The summed E-state index contributed by atoms with van der Waals surface area (Å²) in [5.41, 5.74) is 1.81. The molecular weight excluding hydrogens is 352 g/mol. The first-order chi connectivity index (χ1) is 13.7. The second kappa shape index (κ2) is 8.59. The first-order valence-electron chi connectivity index (χ1n) is 10.3. The maximum absolute atomic E-state index is 12.8. The normalized spacial score (nSPS) is 18.2. The monoisotopic (exact) mass is 380 g/mol.